The fraction of sp³-hybridized carbons (Fsp3) is 0.705. The van der Waals surface area contributed by atoms with Crippen LogP contribution in [0.25, 0.3) is 10.9 Å². The molecule has 12 heteroatoms. The molecule has 56 heavy (non-hydrogen) atoms. The number of aryl methyl sites for hydroxylation is 1. The molecular formula is C44H64N2O10. The summed E-state index contributed by atoms with van der Waals surface area (Å²) < 4.78 is 31.0. The lowest BCUT2D eigenvalue weighted by Crippen LogP contribution is -2.59. The van der Waals surface area contributed by atoms with Crippen LogP contribution in [0.2, 0.25) is 0 Å². The zero-order chi connectivity index (χ0) is 41.3. The first-order valence-electron chi connectivity index (χ1n) is 20.5. The Kier molecular flexibility index (Phi) is 13.7. The molecule has 1 N–H and O–H groups in total. The fourth-order valence-electron chi connectivity index (χ4n) is 9.51. The van der Waals surface area contributed by atoms with Gasteiger partial charge in [-0.15, -0.1) is 0 Å². The van der Waals surface area contributed by atoms with Crippen molar-refractivity contribution in [2.24, 2.45) is 35.5 Å². The van der Waals surface area contributed by atoms with Gasteiger partial charge in [0.05, 0.1) is 29.4 Å². The van der Waals surface area contributed by atoms with Crippen molar-refractivity contribution in [3.63, 3.8) is 0 Å². The Morgan fingerprint density at radius 3 is 2.34 bits per heavy atom. The number of hydrogen-bond donors (Lipinski definition) is 1. The lowest BCUT2D eigenvalue weighted by atomic mass is 9.73. The average molecular weight is 781 g/mol. The SMILES string of the molecule is CO[C@]1(C)C[C@@H](C)C(=O)[C@@H](C)[C@@H]2N(CCCCc3ccnc4ccccc34)C(=O)O[C@]2(C)C(C)OC(=O)[C@H](C)C(=O)[C@H](C)C1O[C@@H]1O[C@H](C)C[C@H](C(C)C)[C@H]1O. The third-order valence-electron chi connectivity index (χ3n) is 13.1. The van der Waals surface area contributed by atoms with Gasteiger partial charge in [-0.25, -0.2) is 4.79 Å². The molecule has 4 heterocycles. The number of aliphatic hydroxyl groups excluding tert-OH is 1. The lowest BCUT2D eigenvalue weighted by Gasteiger charge is -2.46. The number of pyridine rings is 1. The molecule has 2 aromatic rings. The molecule has 310 valence electrons. The smallest absolute Gasteiger partial charge is 0.410 e. The first-order valence-corrected chi connectivity index (χ1v) is 20.5. The molecular weight excluding hydrogens is 716 g/mol. The van der Waals surface area contributed by atoms with Crippen molar-refractivity contribution >= 4 is 34.5 Å². The van der Waals surface area contributed by atoms with Crippen LogP contribution in [0.15, 0.2) is 36.5 Å². The third-order valence-corrected chi connectivity index (χ3v) is 13.1. The number of benzene rings is 1. The maximum absolute atomic E-state index is 14.6. The van der Waals surface area contributed by atoms with Crippen LogP contribution in [0.1, 0.15) is 100 Å². The molecule has 2 unspecified atom stereocenters. The number of amides is 1. The summed E-state index contributed by atoms with van der Waals surface area (Å²) in [4.78, 5) is 62.5. The summed E-state index contributed by atoms with van der Waals surface area (Å²) in [5, 5.41) is 12.5. The number of hydrogen-bond acceptors (Lipinski definition) is 11. The molecule has 3 aliphatic heterocycles. The van der Waals surface area contributed by atoms with Crippen LogP contribution in [0.3, 0.4) is 0 Å². The molecule has 1 aromatic carbocycles. The number of esters is 1. The summed E-state index contributed by atoms with van der Waals surface area (Å²) in [7, 11) is 1.51. The van der Waals surface area contributed by atoms with Crippen molar-refractivity contribution in [2.45, 2.75) is 149 Å². The minimum absolute atomic E-state index is 0.108. The number of Topliss-reactive ketones (excluding diaryl/α,β-unsaturated/α-hetero) is 2. The number of fused-ring (bicyclic) bond motifs is 2. The summed E-state index contributed by atoms with van der Waals surface area (Å²) >= 11 is 0. The van der Waals surface area contributed by atoms with Crippen molar-refractivity contribution in [3.05, 3.63) is 42.1 Å². The second-order valence-corrected chi connectivity index (χ2v) is 17.4. The zero-order valence-corrected chi connectivity index (χ0v) is 35.2. The topological polar surface area (TPSA) is 151 Å². The van der Waals surface area contributed by atoms with E-state index in [0.29, 0.717) is 19.4 Å². The van der Waals surface area contributed by atoms with Crippen LogP contribution in [0.5, 0.6) is 0 Å². The Bertz CT molecular complexity index is 1730. The van der Waals surface area contributed by atoms with E-state index >= 15 is 0 Å². The van der Waals surface area contributed by atoms with Crippen molar-refractivity contribution < 1.29 is 48.0 Å². The van der Waals surface area contributed by atoms with Gasteiger partial charge >= 0.3 is 12.1 Å². The van der Waals surface area contributed by atoms with Crippen molar-refractivity contribution in [2.75, 3.05) is 13.7 Å². The molecule has 1 amide bonds. The molecule has 3 fully saturated rings. The van der Waals surface area contributed by atoms with Gasteiger partial charge in [-0.2, -0.15) is 0 Å². The molecule has 5 rings (SSSR count). The molecule has 0 aliphatic carbocycles. The number of carbonyl (C=O) groups is 4. The average Bonchev–Trinajstić information content (AvgIpc) is 3.43. The van der Waals surface area contributed by atoms with E-state index in [9.17, 15) is 24.3 Å². The van der Waals surface area contributed by atoms with Gasteiger partial charge in [0.25, 0.3) is 0 Å². The number of ketones is 2. The Morgan fingerprint density at radius 2 is 1.66 bits per heavy atom. The Labute approximate surface area is 332 Å². The van der Waals surface area contributed by atoms with Gasteiger partial charge in [0, 0.05) is 43.0 Å². The number of aliphatic hydroxyl groups is 1. The zero-order valence-electron chi connectivity index (χ0n) is 35.2. The molecule has 0 spiro atoms. The Balaban J connectivity index is 1.44. The first kappa shape index (κ1) is 43.7. The number of methoxy groups -OCH3 is 1. The second-order valence-electron chi connectivity index (χ2n) is 17.4. The maximum Gasteiger partial charge on any atom is 0.410 e. The normalized spacial score (nSPS) is 37.7. The molecule has 12 nitrogen and oxygen atoms in total. The summed E-state index contributed by atoms with van der Waals surface area (Å²) in [6, 6.07) is 9.24. The van der Waals surface area contributed by atoms with Crippen LogP contribution >= 0.6 is 0 Å². The molecule has 3 aliphatic rings. The minimum atomic E-state index is -1.39. The Morgan fingerprint density at radius 1 is 0.964 bits per heavy atom. The van der Waals surface area contributed by atoms with E-state index in [-0.39, 0.29) is 30.1 Å². The van der Waals surface area contributed by atoms with E-state index in [4.69, 9.17) is 23.7 Å². The monoisotopic (exact) mass is 780 g/mol. The summed E-state index contributed by atoms with van der Waals surface area (Å²) in [5.41, 5.74) is -0.545. The number of cyclic esters (lactones) is 1. The standard InChI is InChI=1S/C44H64N2O10/c1-24(2)33-22-26(4)53-41(37(33)49)55-39-28(6)36(48)29(7)40(50)54-30(8)44(10)38(27(5)35(47)25(3)23-43(39,9)52-11)46(42(51)56-44)21-15-14-16-31-19-20-45-34-18-13-12-17-32(31)34/h12-13,17-20,24-30,33,37-39,41,49H,14-16,21-23H2,1-11H3/t25-,26-,27-,28+,29-,30?,33-,37-,38+,39?,41+,43-,44-/m1/s1. The highest BCUT2D eigenvalue weighted by atomic mass is 16.7. The van der Waals surface area contributed by atoms with Crippen LogP contribution in [0.4, 0.5) is 4.79 Å². The number of ether oxygens (including phenoxy) is 5. The van der Waals surface area contributed by atoms with Gasteiger partial charge in [0.15, 0.2) is 17.7 Å². The largest absolute Gasteiger partial charge is 0.458 e. The highest BCUT2D eigenvalue weighted by Gasteiger charge is 2.59. The third kappa shape index (κ3) is 8.68. The number of aromatic nitrogens is 1. The number of nitrogens with zero attached hydrogens (tertiary/aromatic N) is 2. The van der Waals surface area contributed by atoms with Gasteiger partial charge < -0.3 is 33.7 Å². The number of rotatable bonds is 9. The van der Waals surface area contributed by atoms with E-state index in [1.54, 1.807) is 45.7 Å². The highest BCUT2D eigenvalue weighted by Crippen LogP contribution is 2.43. The van der Waals surface area contributed by atoms with Crippen LogP contribution in [-0.2, 0) is 44.5 Å². The summed E-state index contributed by atoms with van der Waals surface area (Å²) in [5.74, 6) is -4.83. The van der Waals surface area contributed by atoms with Gasteiger partial charge in [0.2, 0.25) is 0 Å². The van der Waals surface area contributed by atoms with Gasteiger partial charge in [-0.1, -0.05) is 52.8 Å². The second kappa shape index (κ2) is 17.6. The van der Waals surface area contributed by atoms with E-state index in [0.717, 1.165) is 23.7 Å². The predicted octanol–water partition coefficient (Wildman–Crippen LogP) is 6.71. The van der Waals surface area contributed by atoms with E-state index in [1.165, 1.54) is 19.6 Å². The van der Waals surface area contributed by atoms with Gasteiger partial charge in [0.1, 0.15) is 23.9 Å². The first-order chi connectivity index (χ1) is 26.3. The predicted molar refractivity (Wildman–Crippen MR) is 210 cm³/mol. The van der Waals surface area contributed by atoms with Crippen molar-refractivity contribution in [1.29, 1.82) is 0 Å². The van der Waals surface area contributed by atoms with E-state index in [1.807, 2.05) is 52.0 Å². The molecule has 1 aromatic heterocycles. The van der Waals surface area contributed by atoms with E-state index in [2.05, 4.69) is 11.1 Å². The maximum atomic E-state index is 14.6. The van der Waals surface area contributed by atoms with Crippen LogP contribution < -0.4 is 0 Å². The molecule has 13 atom stereocenters. The van der Waals surface area contributed by atoms with Crippen LogP contribution in [-0.4, -0.2) is 100 Å². The fourth-order valence-corrected chi connectivity index (χ4v) is 9.51. The molecule has 0 radical (unpaired) electrons. The lowest BCUT2D eigenvalue weighted by molar-refractivity contribution is -0.299. The molecule has 0 saturated carbocycles. The number of unbranched alkanes of at least 4 members (excludes halogenated alkanes) is 1. The Hall–Kier alpha value is -3.45. The quantitative estimate of drug-likeness (QED) is 0.164. The van der Waals surface area contributed by atoms with Crippen molar-refractivity contribution in [3.8, 4) is 0 Å². The van der Waals surface area contributed by atoms with Gasteiger partial charge in [-0.05, 0) is 96.3 Å². The highest BCUT2D eigenvalue weighted by molar-refractivity contribution is 6.00. The number of carbonyl (C=O) groups excluding carboxylic acids is 4. The number of para-hydroxylation sites is 1. The van der Waals surface area contributed by atoms with Crippen molar-refractivity contribution in [1.82, 2.24) is 9.88 Å². The van der Waals surface area contributed by atoms with Gasteiger partial charge in [-0.3, -0.25) is 19.4 Å². The molecule has 3 saturated heterocycles. The minimum Gasteiger partial charge on any atom is -0.458 e. The summed E-state index contributed by atoms with van der Waals surface area (Å²) in [6.45, 7) is 18.2. The summed E-state index contributed by atoms with van der Waals surface area (Å²) in [6.07, 6.45) is -0.0702. The van der Waals surface area contributed by atoms with Crippen LogP contribution in [0, 0.1) is 35.5 Å². The molecule has 0 bridgehead atoms. The van der Waals surface area contributed by atoms with E-state index < -0.39 is 83.4 Å².